The monoisotopic (exact) mass is 288 g/mol. The van der Waals surface area contributed by atoms with Crippen LogP contribution in [-0.2, 0) is 11.3 Å². The molecule has 2 aromatic rings. The Morgan fingerprint density at radius 3 is 2.81 bits per heavy atom. The van der Waals surface area contributed by atoms with Crippen LogP contribution in [-0.4, -0.2) is 27.7 Å². The van der Waals surface area contributed by atoms with Gasteiger partial charge in [-0.3, -0.25) is 9.89 Å². The maximum Gasteiger partial charge on any atom is 0.223 e. The van der Waals surface area contributed by atoms with Gasteiger partial charge in [-0.25, -0.2) is 4.98 Å². The molecule has 1 amide bonds. The number of ether oxygens (including phenoxy) is 1. The van der Waals surface area contributed by atoms with Crippen LogP contribution in [0.2, 0.25) is 0 Å². The predicted octanol–water partition coefficient (Wildman–Crippen LogP) is 1.83. The summed E-state index contributed by atoms with van der Waals surface area (Å²) in [6.07, 6.45) is 0.660. The highest BCUT2D eigenvalue weighted by atomic mass is 16.5. The van der Waals surface area contributed by atoms with E-state index in [-0.39, 0.29) is 11.8 Å². The molecule has 1 aromatic carbocycles. The van der Waals surface area contributed by atoms with E-state index in [1.54, 1.807) is 0 Å². The molecule has 21 heavy (non-hydrogen) atoms. The topological polar surface area (TPSA) is 79.9 Å². The Kier molecular flexibility index (Phi) is 5.31. The Bertz CT molecular complexity index is 568. The first-order valence-electron chi connectivity index (χ1n) is 6.98. The summed E-state index contributed by atoms with van der Waals surface area (Å²) in [5.74, 6) is 2.02. The van der Waals surface area contributed by atoms with Crippen molar-refractivity contribution in [2.75, 3.05) is 6.61 Å². The number of aromatic amines is 1. The summed E-state index contributed by atoms with van der Waals surface area (Å²) in [5, 5.41) is 9.54. The van der Waals surface area contributed by atoms with Crippen LogP contribution in [0, 0.1) is 12.8 Å². The number of carbonyl (C=O) groups is 1. The molecule has 0 bridgehead atoms. The van der Waals surface area contributed by atoms with Crippen LogP contribution in [0.3, 0.4) is 0 Å². The molecule has 112 valence electrons. The molecule has 0 aliphatic heterocycles. The van der Waals surface area contributed by atoms with Crippen molar-refractivity contribution >= 4 is 5.91 Å². The standard InChI is InChI=1S/C15H20N4O2/c1-11(8-9-21-13-6-4-3-5-7-13)15(20)16-10-14-17-12(2)18-19-14/h3-7,11H,8-10H2,1-2H3,(H,16,20)(H,17,18,19)/t11-/m0/s1. The van der Waals surface area contributed by atoms with Crippen molar-refractivity contribution in [2.24, 2.45) is 5.92 Å². The van der Waals surface area contributed by atoms with Gasteiger partial charge in [0.25, 0.3) is 0 Å². The minimum absolute atomic E-state index is 0.0193. The van der Waals surface area contributed by atoms with Crippen molar-refractivity contribution in [3.63, 3.8) is 0 Å². The zero-order chi connectivity index (χ0) is 15.1. The second-order valence-electron chi connectivity index (χ2n) is 4.91. The minimum atomic E-state index is -0.117. The summed E-state index contributed by atoms with van der Waals surface area (Å²) >= 11 is 0. The van der Waals surface area contributed by atoms with Gasteiger partial charge in [0.15, 0.2) is 5.82 Å². The molecule has 2 rings (SSSR count). The highest BCUT2D eigenvalue weighted by Gasteiger charge is 2.13. The number of hydrogen-bond donors (Lipinski definition) is 2. The molecular formula is C15H20N4O2. The van der Waals surface area contributed by atoms with Crippen LogP contribution in [0.15, 0.2) is 30.3 Å². The van der Waals surface area contributed by atoms with Crippen LogP contribution in [0.1, 0.15) is 25.0 Å². The molecule has 6 heteroatoms. The molecule has 0 aliphatic rings. The molecule has 0 spiro atoms. The van der Waals surface area contributed by atoms with E-state index >= 15 is 0 Å². The summed E-state index contributed by atoms with van der Waals surface area (Å²) in [6, 6.07) is 9.58. The Morgan fingerprint density at radius 2 is 2.14 bits per heavy atom. The largest absolute Gasteiger partial charge is 0.494 e. The zero-order valence-electron chi connectivity index (χ0n) is 12.3. The van der Waals surface area contributed by atoms with Gasteiger partial charge >= 0.3 is 0 Å². The minimum Gasteiger partial charge on any atom is -0.494 e. The SMILES string of the molecule is Cc1nc(CNC(=O)[C@@H](C)CCOc2ccccc2)n[nH]1. The highest BCUT2D eigenvalue weighted by molar-refractivity contribution is 5.78. The van der Waals surface area contributed by atoms with Gasteiger partial charge in [0.1, 0.15) is 11.6 Å². The molecular weight excluding hydrogens is 268 g/mol. The number of nitrogens with one attached hydrogen (secondary N) is 2. The third-order valence-corrected chi connectivity index (χ3v) is 3.07. The van der Waals surface area contributed by atoms with E-state index in [0.29, 0.717) is 25.4 Å². The number of para-hydroxylation sites is 1. The second kappa shape index (κ2) is 7.42. The third kappa shape index (κ3) is 4.91. The number of benzene rings is 1. The van der Waals surface area contributed by atoms with Crippen LogP contribution < -0.4 is 10.1 Å². The fourth-order valence-corrected chi connectivity index (χ4v) is 1.81. The molecule has 0 saturated heterocycles. The van der Waals surface area contributed by atoms with Crippen LogP contribution in [0.25, 0.3) is 0 Å². The number of aromatic nitrogens is 3. The number of hydrogen-bond acceptors (Lipinski definition) is 4. The van der Waals surface area contributed by atoms with E-state index in [2.05, 4.69) is 20.5 Å². The maximum atomic E-state index is 11.9. The highest BCUT2D eigenvalue weighted by Crippen LogP contribution is 2.10. The Morgan fingerprint density at radius 1 is 1.38 bits per heavy atom. The molecule has 1 heterocycles. The van der Waals surface area contributed by atoms with Crippen molar-refractivity contribution in [1.82, 2.24) is 20.5 Å². The molecule has 1 atom stereocenters. The van der Waals surface area contributed by atoms with Gasteiger partial charge in [-0.1, -0.05) is 25.1 Å². The van der Waals surface area contributed by atoms with E-state index in [0.717, 1.165) is 11.6 Å². The van der Waals surface area contributed by atoms with E-state index in [4.69, 9.17) is 4.74 Å². The maximum absolute atomic E-state index is 11.9. The first kappa shape index (κ1) is 15.0. The molecule has 0 saturated carbocycles. The second-order valence-corrected chi connectivity index (χ2v) is 4.91. The number of aryl methyl sites for hydroxylation is 1. The predicted molar refractivity (Wildman–Crippen MR) is 78.7 cm³/mol. The lowest BCUT2D eigenvalue weighted by molar-refractivity contribution is -0.125. The molecule has 0 unspecified atom stereocenters. The van der Waals surface area contributed by atoms with Crippen molar-refractivity contribution in [3.05, 3.63) is 42.0 Å². The summed E-state index contributed by atoms with van der Waals surface area (Å²) in [5.41, 5.74) is 0. The fourth-order valence-electron chi connectivity index (χ4n) is 1.81. The van der Waals surface area contributed by atoms with Gasteiger partial charge in [0.2, 0.25) is 5.91 Å². The lowest BCUT2D eigenvalue weighted by Gasteiger charge is -2.12. The fraction of sp³-hybridized carbons (Fsp3) is 0.400. The molecule has 0 fully saturated rings. The van der Waals surface area contributed by atoms with Gasteiger partial charge in [0, 0.05) is 5.92 Å². The van der Waals surface area contributed by atoms with Gasteiger partial charge in [0.05, 0.1) is 13.2 Å². The number of H-pyrrole nitrogens is 1. The number of rotatable bonds is 7. The van der Waals surface area contributed by atoms with E-state index in [1.807, 2.05) is 44.2 Å². The lowest BCUT2D eigenvalue weighted by Crippen LogP contribution is -2.30. The van der Waals surface area contributed by atoms with Gasteiger partial charge in [-0.15, -0.1) is 0 Å². The molecule has 1 aromatic heterocycles. The van der Waals surface area contributed by atoms with Gasteiger partial charge < -0.3 is 10.1 Å². The summed E-state index contributed by atoms with van der Waals surface area (Å²) < 4.78 is 5.58. The lowest BCUT2D eigenvalue weighted by atomic mass is 10.1. The smallest absolute Gasteiger partial charge is 0.223 e. The van der Waals surface area contributed by atoms with Crippen molar-refractivity contribution < 1.29 is 9.53 Å². The van der Waals surface area contributed by atoms with E-state index in [1.165, 1.54) is 0 Å². The summed E-state index contributed by atoms with van der Waals surface area (Å²) in [7, 11) is 0. The van der Waals surface area contributed by atoms with Gasteiger partial charge in [-0.2, -0.15) is 5.10 Å². The average Bonchev–Trinajstić information content (AvgIpc) is 2.91. The van der Waals surface area contributed by atoms with Crippen molar-refractivity contribution in [2.45, 2.75) is 26.8 Å². The Labute approximate surface area is 123 Å². The zero-order valence-corrected chi connectivity index (χ0v) is 12.3. The normalized spacial score (nSPS) is 11.9. The molecule has 0 radical (unpaired) electrons. The van der Waals surface area contributed by atoms with Crippen molar-refractivity contribution in [3.8, 4) is 5.75 Å². The number of amides is 1. The number of carbonyl (C=O) groups excluding carboxylic acids is 1. The third-order valence-electron chi connectivity index (χ3n) is 3.07. The Balaban J connectivity index is 1.67. The summed E-state index contributed by atoms with van der Waals surface area (Å²) in [4.78, 5) is 16.1. The summed E-state index contributed by atoms with van der Waals surface area (Å²) in [6.45, 7) is 4.56. The first-order valence-corrected chi connectivity index (χ1v) is 6.98. The van der Waals surface area contributed by atoms with Crippen LogP contribution in [0.4, 0.5) is 0 Å². The average molecular weight is 288 g/mol. The van der Waals surface area contributed by atoms with Gasteiger partial charge in [-0.05, 0) is 25.5 Å². The molecule has 0 aliphatic carbocycles. The van der Waals surface area contributed by atoms with Crippen LogP contribution >= 0.6 is 0 Å². The van der Waals surface area contributed by atoms with Crippen molar-refractivity contribution in [1.29, 1.82) is 0 Å². The molecule has 2 N–H and O–H groups in total. The quantitative estimate of drug-likeness (QED) is 0.814. The Hall–Kier alpha value is -2.37. The van der Waals surface area contributed by atoms with E-state index in [9.17, 15) is 4.79 Å². The first-order chi connectivity index (χ1) is 10.1. The number of nitrogens with zero attached hydrogens (tertiary/aromatic N) is 2. The molecule has 6 nitrogen and oxygen atoms in total. The van der Waals surface area contributed by atoms with E-state index < -0.39 is 0 Å². The van der Waals surface area contributed by atoms with Crippen LogP contribution in [0.5, 0.6) is 5.75 Å².